The minimum absolute atomic E-state index is 0.0884. The maximum Gasteiger partial charge on any atom is 0.256 e. The van der Waals surface area contributed by atoms with Gasteiger partial charge in [-0.2, -0.15) is 0 Å². The van der Waals surface area contributed by atoms with Gasteiger partial charge in [0.1, 0.15) is 5.75 Å². The summed E-state index contributed by atoms with van der Waals surface area (Å²) in [6, 6.07) is 8.79. The zero-order valence-corrected chi connectivity index (χ0v) is 11.8. The number of nitrogen functional groups attached to an aromatic ring is 1. The van der Waals surface area contributed by atoms with Crippen molar-refractivity contribution in [2.75, 3.05) is 11.1 Å². The van der Waals surface area contributed by atoms with Gasteiger partial charge in [-0.3, -0.25) is 4.79 Å². The number of carbonyl (C=O) groups excluding carboxylic acids is 1. The van der Waals surface area contributed by atoms with E-state index in [9.17, 15) is 9.90 Å². The second-order valence-electron chi connectivity index (χ2n) is 4.95. The number of nitrogens with one attached hydrogen (secondary N) is 1. The van der Waals surface area contributed by atoms with Crippen molar-refractivity contribution in [3.8, 4) is 5.75 Å². The molecule has 2 aromatic carbocycles. The summed E-state index contributed by atoms with van der Waals surface area (Å²) in [6.07, 6.45) is 0. The van der Waals surface area contributed by atoms with Gasteiger partial charge < -0.3 is 16.2 Å². The van der Waals surface area contributed by atoms with Crippen LogP contribution in [0.15, 0.2) is 30.3 Å². The second-order valence-corrected chi connectivity index (χ2v) is 4.95. The van der Waals surface area contributed by atoms with Crippen LogP contribution in [0.4, 0.5) is 11.4 Å². The van der Waals surface area contributed by atoms with Crippen LogP contribution in [0.3, 0.4) is 0 Å². The lowest BCUT2D eigenvalue weighted by Crippen LogP contribution is -2.14. The first-order valence-electron chi connectivity index (χ1n) is 6.37. The summed E-state index contributed by atoms with van der Waals surface area (Å²) in [7, 11) is 0. The van der Waals surface area contributed by atoms with Crippen molar-refractivity contribution < 1.29 is 9.90 Å². The molecule has 0 aromatic heterocycles. The molecule has 4 heteroatoms. The molecule has 0 spiro atoms. The average Bonchev–Trinajstić information content (AvgIpc) is 2.38. The Labute approximate surface area is 118 Å². The van der Waals surface area contributed by atoms with Crippen LogP contribution in [0.5, 0.6) is 5.75 Å². The minimum Gasteiger partial charge on any atom is -0.505 e. The number of hydrogen-bond acceptors (Lipinski definition) is 3. The highest BCUT2D eigenvalue weighted by Gasteiger charge is 2.13. The number of amides is 1. The van der Waals surface area contributed by atoms with Gasteiger partial charge in [0.15, 0.2) is 0 Å². The van der Waals surface area contributed by atoms with Crippen molar-refractivity contribution in [1.29, 1.82) is 0 Å². The molecule has 0 saturated heterocycles. The molecule has 0 unspecified atom stereocenters. The highest BCUT2D eigenvalue weighted by atomic mass is 16.3. The van der Waals surface area contributed by atoms with Gasteiger partial charge in [-0.15, -0.1) is 0 Å². The van der Waals surface area contributed by atoms with Crippen molar-refractivity contribution in [2.24, 2.45) is 0 Å². The van der Waals surface area contributed by atoms with Crippen LogP contribution in [-0.4, -0.2) is 11.0 Å². The summed E-state index contributed by atoms with van der Waals surface area (Å²) in [5.74, 6) is -0.194. The maximum atomic E-state index is 12.3. The topological polar surface area (TPSA) is 75.3 Å². The van der Waals surface area contributed by atoms with Crippen LogP contribution < -0.4 is 11.1 Å². The molecular formula is C16H18N2O2. The van der Waals surface area contributed by atoms with E-state index in [-0.39, 0.29) is 11.7 Å². The summed E-state index contributed by atoms with van der Waals surface area (Å²) in [5, 5.41) is 12.7. The molecule has 20 heavy (non-hydrogen) atoms. The lowest BCUT2D eigenvalue weighted by atomic mass is 10.1. The van der Waals surface area contributed by atoms with E-state index < -0.39 is 0 Å². The van der Waals surface area contributed by atoms with Crippen molar-refractivity contribution in [3.05, 3.63) is 52.6 Å². The van der Waals surface area contributed by atoms with E-state index in [1.54, 1.807) is 38.1 Å². The Kier molecular flexibility index (Phi) is 3.66. The smallest absolute Gasteiger partial charge is 0.256 e. The van der Waals surface area contributed by atoms with Crippen molar-refractivity contribution in [2.45, 2.75) is 20.8 Å². The van der Waals surface area contributed by atoms with Gasteiger partial charge in [0.25, 0.3) is 5.91 Å². The molecule has 2 rings (SSSR count). The van der Waals surface area contributed by atoms with Gasteiger partial charge in [0.05, 0.1) is 5.69 Å². The van der Waals surface area contributed by atoms with Gasteiger partial charge in [0.2, 0.25) is 0 Å². The van der Waals surface area contributed by atoms with Crippen LogP contribution in [0.2, 0.25) is 0 Å². The molecule has 0 heterocycles. The standard InChI is InChI=1S/C16H18N2O2/c1-9-7-10(2)15(19)14(8-9)18-16(20)12-5-4-6-13(17)11(12)3/h4-8,19H,17H2,1-3H3,(H,18,20). The second kappa shape index (κ2) is 5.25. The Balaban J connectivity index is 2.35. The minimum atomic E-state index is -0.282. The van der Waals surface area contributed by atoms with Crippen LogP contribution in [0, 0.1) is 20.8 Å². The van der Waals surface area contributed by atoms with Crippen molar-refractivity contribution in [1.82, 2.24) is 0 Å². The zero-order chi connectivity index (χ0) is 14.9. The third-order valence-corrected chi connectivity index (χ3v) is 3.31. The van der Waals surface area contributed by atoms with Gasteiger partial charge in [-0.25, -0.2) is 0 Å². The van der Waals surface area contributed by atoms with Gasteiger partial charge >= 0.3 is 0 Å². The summed E-state index contributed by atoms with van der Waals surface area (Å²) in [4.78, 5) is 12.3. The van der Waals surface area contributed by atoms with Crippen LogP contribution >= 0.6 is 0 Å². The third-order valence-electron chi connectivity index (χ3n) is 3.31. The van der Waals surface area contributed by atoms with E-state index in [4.69, 9.17) is 5.73 Å². The number of rotatable bonds is 2. The number of carbonyl (C=O) groups is 1. The molecular weight excluding hydrogens is 252 g/mol. The molecule has 0 aliphatic rings. The fourth-order valence-electron chi connectivity index (χ4n) is 2.14. The molecule has 1 amide bonds. The molecule has 0 atom stereocenters. The molecule has 0 bridgehead atoms. The number of aryl methyl sites for hydroxylation is 2. The monoisotopic (exact) mass is 270 g/mol. The first-order valence-corrected chi connectivity index (χ1v) is 6.37. The predicted molar refractivity (Wildman–Crippen MR) is 81.1 cm³/mol. The molecule has 0 aliphatic carbocycles. The highest BCUT2D eigenvalue weighted by Crippen LogP contribution is 2.29. The van der Waals surface area contributed by atoms with Gasteiger partial charge in [-0.05, 0) is 55.7 Å². The molecule has 0 radical (unpaired) electrons. The Morgan fingerprint density at radius 1 is 1.20 bits per heavy atom. The first kappa shape index (κ1) is 13.9. The molecule has 4 nitrogen and oxygen atoms in total. The number of benzene rings is 2. The number of aromatic hydroxyl groups is 1. The van der Waals surface area contributed by atoms with Crippen LogP contribution in [0.1, 0.15) is 27.0 Å². The van der Waals surface area contributed by atoms with Crippen LogP contribution in [-0.2, 0) is 0 Å². The number of phenols is 1. The number of phenolic OH excluding ortho intramolecular Hbond substituents is 1. The Morgan fingerprint density at radius 3 is 2.60 bits per heavy atom. The molecule has 4 N–H and O–H groups in total. The number of anilines is 2. The zero-order valence-electron chi connectivity index (χ0n) is 11.8. The number of nitrogens with two attached hydrogens (primary N) is 1. The lowest BCUT2D eigenvalue weighted by molar-refractivity contribution is 0.102. The molecule has 0 saturated carbocycles. The average molecular weight is 270 g/mol. The molecule has 2 aromatic rings. The van der Waals surface area contributed by atoms with E-state index in [0.717, 1.165) is 16.7 Å². The van der Waals surface area contributed by atoms with Gasteiger partial charge in [0, 0.05) is 11.3 Å². The quantitative estimate of drug-likeness (QED) is 0.579. The fourth-order valence-corrected chi connectivity index (χ4v) is 2.14. The largest absolute Gasteiger partial charge is 0.505 e. The fraction of sp³-hybridized carbons (Fsp3) is 0.188. The van der Waals surface area contributed by atoms with Crippen molar-refractivity contribution >= 4 is 17.3 Å². The normalized spacial score (nSPS) is 10.3. The number of hydrogen-bond donors (Lipinski definition) is 3. The molecule has 0 aliphatic heterocycles. The van der Waals surface area contributed by atoms with E-state index in [1.165, 1.54) is 0 Å². The van der Waals surface area contributed by atoms with E-state index in [0.29, 0.717) is 16.9 Å². The van der Waals surface area contributed by atoms with E-state index >= 15 is 0 Å². The summed E-state index contributed by atoms with van der Waals surface area (Å²) in [6.45, 7) is 5.50. The Morgan fingerprint density at radius 2 is 1.90 bits per heavy atom. The molecule has 0 fully saturated rings. The SMILES string of the molecule is Cc1cc(C)c(O)c(NC(=O)c2cccc(N)c2C)c1. The summed E-state index contributed by atoms with van der Waals surface area (Å²) in [5.41, 5.74) is 9.72. The molecule has 104 valence electrons. The van der Waals surface area contributed by atoms with E-state index in [2.05, 4.69) is 5.32 Å². The summed E-state index contributed by atoms with van der Waals surface area (Å²) >= 11 is 0. The predicted octanol–water partition coefficient (Wildman–Crippen LogP) is 3.15. The van der Waals surface area contributed by atoms with Crippen LogP contribution in [0.25, 0.3) is 0 Å². The maximum absolute atomic E-state index is 12.3. The Hall–Kier alpha value is -2.49. The first-order chi connectivity index (χ1) is 9.40. The van der Waals surface area contributed by atoms with Crippen molar-refractivity contribution in [3.63, 3.8) is 0 Å². The summed E-state index contributed by atoms with van der Waals surface area (Å²) < 4.78 is 0. The lowest BCUT2D eigenvalue weighted by Gasteiger charge is -2.12. The van der Waals surface area contributed by atoms with Gasteiger partial charge in [-0.1, -0.05) is 12.1 Å². The highest BCUT2D eigenvalue weighted by molar-refractivity contribution is 6.06. The van der Waals surface area contributed by atoms with E-state index in [1.807, 2.05) is 13.0 Å². The third kappa shape index (κ3) is 2.59. The Bertz CT molecular complexity index is 678.